The Morgan fingerprint density at radius 1 is 1.09 bits per heavy atom. The molecular weight excluding hydrogens is 288 g/mol. The van der Waals surface area contributed by atoms with E-state index in [0.717, 1.165) is 25.0 Å². The van der Waals surface area contributed by atoms with E-state index < -0.39 is 0 Å². The van der Waals surface area contributed by atoms with Crippen LogP contribution in [0.15, 0.2) is 59.9 Å². The molecule has 0 atom stereocenters. The Labute approximate surface area is 135 Å². The van der Waals surface area contributed by atoms with Crippen molar-refractivity contribution in [2.45, 2.75) is 13.0 Å². The Morgan fingerprint density at radius 2 is 1.87 bits per heavy atom. The van der Waals surface area contributed by atoms with Crippen molar-refractivity contribution in [3.63, 3.8) is 0 Å². The molecule has 0 unspecified atom stereocenters. The first-order chi connectivity index (χ1) is 11.2. The predicted molar refractivity (Wildman–Crippen MR) is 91.4 cm³/mol. The highest BCUT2D eigenvalue weighted by Crippen LogP contribution is 2.04. The first-order valence-corrected chi connectivity index (χ1v) is 7.75. The summed E-state index contributed by atoms with van der Waals surface area (Å²) in [5.74, 6) is 0. The monoisotopic (exact) mass is 308 g/mol. The van der Waals surface area contributed by atoms with Crippen LogP contribution in [0.2, 0.25) is 0 Å². The van der Waals surface area contributed by atoms with Crippen LogP contribution in [0.25, 0.3) is 10.9 Å². The number of likely N-dealkylation sites (N-methyl/N-ethyl adjacent to an activating group) is 1. The first-order valence-electron chi connectivity index (χ1n) is 7.75. The molecule has 3 aromatic rings. The van der Waals surface area contributed by atoms with Crippen molar-refractivity contribution >= 4 is 10.9 Å². The summed E-state index contributed by atoms with van der Waals surface area (Å²) in [5.41, 5.74) is 2.05. The van der Waals surface area contributed by atoms with Gasteiger partial charge in [-0.2, -0.15) is 0 Å². The van der Waals surface area contributed by atoms with Gasteiger partial charge in [-0.1, -0.05) is 12.1 Å². The number of pyridine rings is 1. The molecule has 0 saturated carbocycles. The normalized spacial score (nSPS) is 11.2. The fraction of sp³-hybridized carbons (Fsp3) is 0.278. The summed E-state index contributed by atoms with van der Waals surface area (Å²) < 4.78 is 1.69. The summed E-state index contributed by atoms with van der Waals surface area (Å²) in [6.45, 7) is 2.40. The quantitative estimate of drug-likeness (QED) is 0.698. The number of nitrogens with zero attached hydrogens (tertiary/aromatic N) is 4. The Hall–Kier alpha value is -2.53. The molecule has 2 heterocycles. The van der Waals surface area contributed by atoms with Crippen LogP contribution < -0.4 is 5.56 Å². The van der Waals surface area contributed by atoms with Crippen molar-refractivity contribution in [2.75, 3.05) is 20.1 Å². The third kappa shape index (κ3) is 3.81. The lowest BCUT2D eigenvalue weighted by Gasteiger charge is -2.17. The van der Waals surface area contributed by atoms with E-state index in [4.69, 9.17) is 0 Å². The zero-order valence-electron chi connectivity index (χ0n) is 13.2. The minimum atomic E-state index is 0.0260. The molecule has 2 aromatic heterocycles. The van der Waals surface area contributed by atoms with Gasteiger partial charge in [-0.15, -0.1) is 0 Å². The molecule has 0 spiro atoms. The predicted octanol–water partition coefficient (Wildman–Crippen LogP) is 1.97. The Bertz CT molecular complexity index is 829. The summed E-state index contributed by atoms with van der Waals surface area (Å²) in [7, 11) is 2.07. The van der Waals surface area contributed by atoms with E-state index in [1.165, 1.54) is 5.56 Å². The molecule has 0 saturated heterocycles. The van der Waals surface area contributed by atoms with Crippen LogP contribution in [0.5, 0.6) is 0 Å². The van der Waals surface area contributed by atoms with Crippen LogP contribution in [0, 0.1) is 0 Å². The molecule has 3 rings (SSSR count). The van der Waals surface area contributed by atoms with Crippen molar-refractivity contribution in [1.29, 1.82) is 0 Å². The maximum atomic E-state index is 12.4. The number of hydrogen-bond acceptors (Lipinski definition) is 4. The standard InChI is InChI=1S/C18H20N4O/c1-21(11-8-15-6-9-19-10-7-15)12-13-22-14-20-17-5-3-2-4-16(17)18(22)23/h2-7,9-10,14H,8,11-13H2,1H3. The van der Waals surface area contributed by atoms with Crippen LogP contribution in [-0.4, -0.2) is 39.6 Å². The zero-order chi connectivity index (χ0) is 16.1. The van der Waals surface area contributed by atoms with Crippen LogP contribution in [-0.2, 0) is 13.0 Å². The Balaban J connectivity index is 1.60. The third-order valence-corrected chi connectivity index (χ3v) is 3.99. The number of benzene rings is 1. The highest BCUT2D eigenvalue weighted by Gasteiger charge is 2.05. The maximum absolute atomic E-state index is 12.4. The number of aromatic nitrogens is 3. The average Bonchev–Trinajstić information content (AvgIpc) is 2.60. The van der Waals surface area contributed by atoms with Crippen molar-refractivity contribution in [3.8, 4) is 0 Å². The molecule has 1 aromatic carbocycles. The fourth-order valence-corrected chi connectivity index (χ4v) is 2.53. The van der Waals surface area contributed by atoms with Gasteiger partial charge in [0.15, 0.2) is 0 Å². The molecule has 5 nitrogen and oxygen atoms in total. The molecule has 5 heteroatoms. The van der Waals surface area contributed by atoms with E-state index in [1.54, 1.807) is 10.9 Å². The van der Waals surface area contributed by atoms with E-state index in [1.807, 2.05) is 48.8 Å². The molecule has 0 aliphatic carbocycles. The summed E-state index contributed by atoms with van der Waals surface area (Å²) >= 11 is 0. The van der Waals surface area contributed by atoms with Crippen molar-refractivity contribution < 1.29 is 0 Å². The molecule has 0 aliphatic rings. The fourth-order valence-electron chi connectivity index (χ4n) is 2.53. The minimum absolute atomic E-state index is 0.0260. The number of hydrogen-bond donors (Lipinski definition) is 0. The van der Waals surface area contributed by atoms with E-state index in [9.17, 15) is 4.79 Å². The average molecular weight is 308 g/mol. The summed E-state index contributed by atoms with van der Waals surface area (Å²) in [6.07, 6.45) is 6.25. The molecule has 0 N–H and O–H groups in total. The van der Waals surface area contributed by atoms with Gasteiger partial charge in [0.05, 0.1) is 17.2 Å². The molecule has 0 radical (unpaired) electrons. The number of fused-ring (bicyclic) bond motifs is 1. The third-order valence-electron chi connectivity index (χ3n) is 3.99. The van der Waals surface area contributed by atoms with Crippen molar-refractivity contribution in [2.24, 2.45) is 0 Å². The second-order valence-corrected chi connectivity index (χ2v) is 5.67. The smallest absolute Gasteiger partial charge is 0.261 e. The van der Waals surface area contributed by atoms with Gasteiger partial charge in [-0.3, -0.25) is 14.3 Å². The lowest BCUT2D eigenvalue weighted by molar-refractivity contribution is 0.320. The van der Waals surface area contributed by atoms with Crippen LogP contribution in [0.4, 0.5) is 0 Å². The number of rotatable bonds is 6. The van der Waals surface area contributed by atoms with E-state index in [-0.39, 0.29) is 5.56 Å². The second kappa shape index (κ2) is 7.15. The van der Waals surface area contributed by atoms with Crippen LogP contribution >= 0.6 is 0 Å². The van der Waals surface area contributed by atoms with Crippen molar-refractivity contribution in [3.05, 3.63) is 71.0 Å². The summed E-state index contributed by atoms with van der Waals surface area (Å²) in [5, 5.41) is 0.675. The Kier molecular flexibility index (Phi) is 4.78. The summed E-state index contributed by atoms with van der Waals surface area (Å²) in [6, 6.07) is 11.5. The molecule has 118 valence electrons. The van der Waals surface area contributed by atoms with E-state index >= 15 is 0 Å². The topological polar surface area (TPSA) is 51.0 Å². The second-order valence-electron chi connectivity index (χ2n) is 5.67. The molecule has 0 aliphatic heterocycles. The minimum Gasteiger partial charge on any atom is -0.304 e. The highest BCUT2D eigenvalue weighted by molar-refractivity contribution is 5.76. The number of para-hydroxylation sites is 1. The first kappa shape index (κ1) is 15.4. The van der Waals surface area contributed by atoms with E-state index in [2.05, 4.69) is 21.9 Å². The molecule has 0 amide bonds. The van der Waals surface area contributed by atoms with Gasteiger partial charge >= 0.3 is 0 Å². The van der Waals surface area contributed by atoms with Gasteiger partial charge in [-0.25, -0.2) is 4.98 Å². The largest absolute Gasteiger partial charge is 0.304 e. The van der Waals surface area contributed by atoms with Crippen molar-refractivity contribution in [1.82, 2.24) is 19.4 Å². The molecule has 0 bridgehead atoms. The molecule has 0 fully saturated rings. The lowest BCUT2D eigenvalue weighted by atomic mass is 10.2. The van der Waals surface area contributed by atoms with Crippen LogP contribution in [0.1, 0.15) is 5.56 Å². The van der Waals surface area contributed by atoms with Gasteiger partial charge in [-0.05, 0) is 43.3 Å². The van der Waals surface area contributed by atoms with Gasteiger partial charge in [0.2, 0.25) is 0 Å². The zero-order valence-corrected chi connectivity index (χ0v) is 13.2. The highest BCUT2D eigenvalue weighted by atomic mass is 16.1. The van der Waals surface area contributed by atoms with Gasteiger partial charge < -0.3 is 4.90 Å². The van der Waals surface area contributed by atoms with Gasteiger partial charge in [0.25, 0.3) is 5.56 Å². The molecular formula is C18H20N4O. The van der Waals surface area contributed by atoms with Gasteiger partial charge in [0, 0.05) is 32.0 Å². The summed E-state index contributed by atoms with van der Waals surface area (Å²) in [4.78, 5) is 23.0. The van der Waals surface area contributed by atoms with Crippen LogP contribution in [0.3, 0.4) is 0 Å². The maximum Gasteiger partial charge on any atom is 0.261 e. The van der Waals surface area contributed by atoms with E-state index in [0.29, 0.717) is 11.9 Å². The SMILES string of the molecule is CN(CCc1ccncc1)CCn1cnc2ccccc2c1=O. The van der Waals surface area contributed by atoms with Gasteiger partial charge in [0.1, 0.15) is 0 Å². The lowest BCUT2D eigenvalue weighted by Crippen LogP contribution is -2.30. The Morgan fingerprint density at radius 3 is 2.70 bits per heavy atom. The molecule has 23 heavy (non-hydrogen) atoms.